The molecule has 18 fully saturated rings. The summed E-state index contributed by atoms with van der Waals surface area (Å²) in [4.78, 5) is 202. The number of morpholine rings is 1. The number of amides is 22. The van der Waals surface area contributed by atoms with Gasteiger partial charge in [0.05, 0.1) is 74.0 Å². The summed E-state index contributed by atoms with van der Waals surface area (Å²) in [5.74, 6) is -3.95. The van der Waals surface area contributed by atoms with E-state index in [4.69, 9.17) is 32.1 Å². The normalized spacial score (nSPS) is 28.2. The Hall–Kier alpha value is -10.7. The van der Waals surface area contributed by atoms with Crippen molar-refractivity contribution in [2.24, 2.45) is 0 Å². The molecule has 0 radical (unpaired) electrons. The van der Waals surface area contributed by atoms with Gasteiger partial charge in [-0.3, -0.25) is 123 Å². The summed E-state index contributed by atoms with van der Waals surface area (Å²) in [5, 5.41) is 14.5. The number of sulfone groups is 1. The van der Waals surface area contributed by atoms with Gasteiger partial charge < -0.3 is 39.5 Å². The number of ether oxygens (including phenoxy) is 1. The Kier molecular flexibility index (Phi) is 34.8. The Morgan fingerprint density at radius 2 is 0.542 bits per heavy atom. The van der Waals surface area contributed by atoms with Gasteiger partial charge in [-0.05, 0) is 116 Å². The Morgan fingerprint density at radius 1 is 0.299 bits per heavy atom. The van der Waals surface area contributed by atoms with Gasteiger partial charge in [-0.15, -0.1) is 25.7 Å². The summed E-state index contributed by atoms with van der Waals surface area (Å²) in [6.07, 6.45) is 11.0. The first-order valence-electron chi connectivity index (χ1n) is 45.1. The second kappa shape index (κ2) is 45.4. The zero-order valence-electron chi connectivity index (χ0n) is 76.1. The lowest BCUT2D eigenvalue weighted by Gasteiger charge is -2.33. The Morgan fingerprint density at radius 3 is 0.792 bits per heavy atom. The standard InChI is InChI=1S/2C12H18N4O7S.C12H20N4O6S.C11H17N5O7S.C11H18N4O8S2.C11H16N4O8S/c2*17-10-3-1-2-6-15(10)13-11(18)9-5-4-8-7-14(9)12(19)16(8)23-24(20,21)22;17-11(13-14-6-2-1-3-7-14)10-5-4-9-8-15(10)12(18)16(9)22-23(19,20)21;17-9-5-12-3-4-15(9)13-10(18)8-2-1-7-6-14(8)11(19)16(7)23-24(20,21)22;16-10(12-13-3-5-24(18,19)6-4-13)9-2-1-8-7-14(9)11(17)15(8)23-25(20,21)22;16-9-6-22-4-3-14(9)12-10(17)8-2-1-7-5-13(8)11(18)15(7)23-24(19,20)21/h2*8-9H,1-7H2,(H,13,18)(H,20,21,22);9-10H,1-8H2,(H,13,17)(H,19,20,21);7-8,12H,1-6H2,(H,13,18)(H,20,21,22);8-9H,1-7H2,(H,12,16)(H,20,21,22);7-8H,1-6H2,(H,12,17)(H,19,20,21)/t2*8-,9+;9-,10+;7-,8+;8-,9+;7-,8+/m111111/s1. The highest BCUT2D eigenvalue weighted by Crippen LogP contribution is 2.38. The Balaban J connectivity index is 0.000000145. The van der Waals surface area contributed by atoms with Crippen molar-refractivity contribution in [1.29, 1.82) is 0 Å². The Labute approximate surface area is 821 Å². The van der Waals surface area contributed by atoms with E-state index in [1.54, 1.807) is 0 Å². The summed E-state index contributed by atoms with van der Waals surface area (Å²) in [7, 11) is -32.0. The molecule has 12 atom stereocenters. The molecule has 12 bridgehead atoms. The molecule has 0 aromatic carbocycles. The van der Waals surface area contributed by atoms with Gasteiger partial charge in [-0.25, -0.2) is 52.2 Å². The fourth-order valence-electron chi connectivity index (χ4n) is 19.0. The number of hydrogen-bond acceptors (Lipinski definition) is 40. The van der Waals surface area contributed by atoms with Crippen molar-refractivity contribution in [3.05, 3.63) is 0 Å². The number of carbonyl (C=O) groups excluding carboxylic acids is 16. The maximum atomic E-state index is 12.4. The number of urea groups is 6. The highest BCUT2D eigenvalue weighted by Gasteiger charge is 2.57. The van der Waals surface area contributed by atoms with Crippen LogP contribution in [0.2, 0.25) is 0 Å². The van der Waals surface area contributed by atoms with Crippen LogP contribution < -0.4 is 37.9 Å². The maximum Gasteiger partial charge on any atom is 0.418 e. The molecule has 18 rings (SSSR count). The van der Waals surface area contributed by atoms with Crippen LogP contribution in [0.4, 0.5) is 28.8 Å². The highest BCUT2D eigenvalue weighted by molar-refractivity contribution is 7.91. The van der Waals surface area contributed by atoms with E-state index in [2.05, 4.69) is 63.6 Å². The van der Waals surface area contributed by atoms with Crippen molar-refractivity contribution in [2.75, 3.05) is 129 Å². The number of hydrogen-bond donors (Lipinski definition) is 13. The van der Waals surface area contributed by atoms with Crippen LogP contribution in [0.3, 0.4) is 0 Å². The van der Waals surface area contributed by atoms with Crippen molar-refractivity contribution in [2.45, 2.75) is 207 Å². The van der Waals surface area contributed by atoms with Crippen LogP contribution in [0.5, 0.6) is 0 Å². The maximum absolute atomic E-state index is 12.4. The number of nitrogens with zero attached hydrogens (tertiary/aromatic N) is 18. The smallest absolute Gasteiger partial charge is 0.370 e. The molecular weight excluding hydrogens is 2090 g/mol. The summed E-state index contributed by atoms with van der Waals surface area (Å²) < 4.78 is 236. The lowest BCUT2D eigenvalue weighted by molar-refractivity contribution is -0.153. The Bertz CT molecular complexity index is 5360. The van der Waals surface area contributed by atoms with Crippen molar-refractivity contribution in [1.82, 2.24) is 128 Å². The van der Waals surface area contributed by atoms with Gasteiger partial charge in [0.1, 0.15) is 42.9 Å². The van der Waals surface area contributed by atoms with Crippen LogP contribution in [0.15, 0.2) is 0 Å². The number of rotatable bonds is 24. The van der Waals surface area contributed by atoms with E-state index >= 15 is 0 Å². The fraction of sp³-hybridized carbons (Fsp3) is 0.768. The van der Waals surface area contributed by atoms with Crippen molar-refractivity contribution in [3.8, 4) is 0 Å². The predicted octanol–water partition coefficient (Wildman–Crippen LogP) is -9.34. The topological polar surface area (TPSA) is 841 Å². The molecule has 18 aliphatic rings. The van der Waals surface area contributed by atoms with Crippen molar-refractivity contribution < 1.29 is 193 Å². The van der Waals surface area contributed by atoms with Gasteiger partial charge in [0.2, 0.25) is 11.8 Å². The predicted molar refractivity (Wildman–Crippen MR) is 463 cm³/mol. The zero-order valence-corrected chi connectivity index (χ0v) is 81.8. The number of fused-ring (bicyclic) bond motifs is 12. The molecule has 808 valence electrons. The van der Waals surface area contributed by atoms with Crippen molar-refractivity contribution in [3.63, 3.8) is 0 Å². The van der Waals surface area contributed by atoms with Crippen LogP contribution >= 0.6 is 0 Å². The minimum Gasteiger partial charge on any atom is -0.370 e. The van der Waals surface area contributed by atoms with Crippen LogP contribution in [0.25, 0.3) is 0 Å². The van der Waals surface area contributed by atoms with Crippen LogP contribution in [0.1, 0.15) is 135 Å². The van der Waals surface area contributed by atoms with E-state index in [-0.39, 0.29) is 127 Å². The quantitative estimate of drug-likeness (QED) is 0.0399. The average Bonchev–Trinajstić information content (AvgIpc) is 1.66. The molecule has 18 saturated heterocycles. The second-order valence-electron chi connectivity index (χ2n) is 35.4. The molecule has 13 N–H and O–H groups in total. The van der Waals surface area contributed by atoms with Crippen LogP contribution in [-0.4, -0.2) is 473 Å². The minimum atomic E-state index is -4.84. The third-order valence-corrected chi connectivity index (χ3v) is 29.4. The lowest BCUT2D eigenvalue weighted by Crippen LogP contribution is -2.60. The van der Waals surface area contributed by atoms with E-state index in [0.29, 0.717) is 134 Å². The zero-order chi connectivity index (χ0) is 105. The molecule has 0 aliphatic carbocycles. The van der Waals surface area contributed by atoms with E-state index in [9.17, 15) is 136 Å². The molecule has 18 heterocycles. The van der Waals surface area contributed by atoms with Gasteiger partial charge in [0.15, 0.2) is 9.84 Å². The average molecular weight is 2200 g/mol. The van der Waals surface area contributed by atoms with E-state index in [1.807, 2.05) is 5.01 Å². The first-order valence-corrected chi connectivity index (χ1v) is 55.1. The molecule has 75 heteroatoms. The number of carbonyl (C=O) groups is 16. The molecule has 0 saturated carbocycles. The monoisotopic (exact) mass is 2200 g/mol. The summed E-state index contributed by atoms with van der Waals surface area (Å²) in [6.45, 7) is 4.77. The van der Waals surface area contributed by atoms with Gasteiger partial charge in [-0.2, -0.15) is 80.9 Å². The number of nitrogens with one attached hydrogen (secondary N) is 7. The number of hydrazine groups is 6. The van der Waals surface area contributed by atoms with Crippen molar-refractivity contribution >= 4 is 167 Å². The van der Waals surface area contributed by atoms with Gasteiger partial charge in [0.25, 0.3) is 47.3 Å². The fourth-order valence-corrected chi connectivity index (χ4v) is 22.5. The number of piperazine rings is 1. The first-order chi connectivity index (χ1) is 67.4. The van der Waals surface area contributed by atoms with Gasteiger partial charge in [0, 0.05) is 97.9 Å². The molecule has 0 spiro atoms. The minimum absolute atomic E-state index is 0.0569. The molecule has 68 nitrogen and oxygen atoms in total. The molecule has 0 aromatic heterocycles. The molecule has 0 aromatic rings. The third-order valence-electron chi connectivity index (χ3n) is 25.7. The van der Waals surface area contributed by atoms with E-state index in [1.165, 1.54) is 44.5 Å². The number of piperidine rings is 9. The molecular formula is C69H107N25O43S7. The highest BCUT2D eigenvalue weighted by atomic mass is 32.3. The summed E-state index contributed by atoms with van der Waals surface area (Å²) in [6, 6.07) is -12.9. The van der Waals surface area contributed by atoms with Gasteiger partial charge >= 0.3 is 98.6 Å². The van der Waals surface area contributed by atoms with E-state index in [0.717, 1.165) is 67.9 Å². The van der Waals surface area contributed by atoms with E-state index < -0.39 is 216 Å². The first kappa shape index (κ1) is 111. The molecule has 22 amide bonds. The summed E-state index contributed by atoms with van der Waals surface area (Å²) in [5.41, 5.74) is 15.4. The molecule has 18 aliphatic heterocycles. The third kappa shape index (κ3) is 28.2. The molecule has 144 heavy (non-hydrogen) atoms. The SMILES string of the molecule is O=C(NN1CCCCC1)[C@@H]1CC[C@@H]2CN1C(=O)N2OS(=O)(=O)O.O=C(NN1CCCCC1=O)[C@@H]1CC[C@@H]2CN1C(=O)N2OS(=O)(=O)O.O=C(NN1CCCCC1=O)[C@@H]1CC[C@@H]2CN1C(=O)N2OS(=O)(=O)O.O=C(NN1CCNCC1=O)[C@@H]1CC[C@@H]2CN1C(=O)N2OS(=O)(=O)O.O=C(NN1CCOCC1=O)[C@@H]1CC[C@@H]2CN1C(=O)N2OS(=O)(=O)O.O=C(NN1CCS(=O)(=O)CC1)[C@@H]1CC[C@@H]2CN1C(=O)N2OS(=O)(=O)O. The van der Waals surface area contributed by atoms with Crippen LogP contribution in [-0.2, 0) is 151 Å². The lowest BCUT2D eigenvalue weighted by atomic mass is 10.0. The molecule has 0 unspecified atom stereocenters. The largest absolute Gasteiger partial charge is 0.418 e. The van der Waals surface area contributed by atoms with Gasteiger partial charge in [-0.1, -0.05) is 6.42 Å². The van der Waals surface area contributed by atoms with Crippen LogP contribution in [0, 0.1) is 0 Å². The summed E-state index contributed by atoms with van der Waals surface area (Å²) >= 11 is 0. The number of hydroxylamine groups is 12. The second-order valence-corrected chi connectivity index (χ2v) is 43.8.